The highest BCUT2D eigenvalue weighted by atomic mass is 35.5. The smallest absolute Gasteiger partial charge is 0.158 e. The van der Waals surface area contributed by atoms with Gasteiger partial charge < -0.3 is 29.7 Å². The fraction of sp³-hybridized carbons (Fsp3) is 0.208. The van der Waals surface area contributed by atoms with Gasteiger partial charge in [0.2, 0.25) is 0 Å². The number of hydrogen-bond acceptors (Lipinski definition) is 8. The van der Waals surface area contributed by atoms with Crippen LogP contribution in [0.3, 0.4) is 0 Å². The molecule has 0 fully saturated rings. The van der Waals surface area contributed by atoms with Crippen LogP contribution < -0.4 is 10.1 Å². The maximum atomic E-state index is 8.99. The van der Waals surface area contributed by atoms with Crippen molar-refractivity contribution in [2.24, 2.45) is 5.16 Å². The van der Waals surface area contributed by atoms with E-state index in [0.717, 1.165) is 22.3 Å². The van der Waals surface area contributed by atoms with Gasteiger partial charge in [0.1, 0.15) is 23.3 Å². The van der Waals surface area contributed by atoms with E-state index in [1.54, 1.807) is 31.2 Å². The Morgan fingerprint density at radius 3 is 2.82 bits per heavy atom. The van der Waals surface area contributed by atoms with Crippen LogP contribution in [0.4, 0.5) is 11.5 Å². The van der Waals surface area contributed by atoms with Crippen LogP contribution in [-0.4, -0.2) is 50.4 Å². The Labute approximate surface area is 201 Å². The molecule has 0 aliphatic carbocycles. The number of aliphatic hydroxyl groups excluding tert-OH is 1. The molecule has 4 rings (SSSR count). The number of anilines is 2. The number of oxime groups is 1. The molecule has 176 valence electrons. The Kier molecular flexibility index (Phi) is 7.58. The van der Waals surface area contributed by atoms with Gasteiger partial charge in [-0.25, -0.2) is 9.97 Å². The van der Waals surface area contributed by atoms with Crippen molar-refractivity contribution in [3.63, 3.8) is 0 Å². The van der Waals surface area contributed by atoms with Crippen LogP contribution in [0.2, 0.25) is 5.02 Å². The molecule has 0 unspecified atom stereocenters. The zero-order chi connectivity index (χ0) is 23.9. The predicted octanol–water partition coefficient (Wildman–Crippen LogP) is 4.83. The standard InChI is InChI=1S/C24H24ClN5O4/c1-16(29-32)17-3-2-4-19(13-17)34-22-6-5-18(14-20(22)25)28-24-23-21(26-15-27-24)7-8-30(23)9-11-33-12-10-31/h2-8,13-15,31-32H,9-12H2,1H3,(H,26,27,28). The molecule has 0 radical (unpaired) electrons. The van der Waals surface area contributed by atoms with E-state index in [1.165, 1.54) is 6.33 Å². The van der Waals surface area contributed by atoms with Crippen molar-refractivity contribution in [1.29, 1.82) is 0 Å². The lowest BCUT2D eigenvalue weighted by Gasteiger charge is -2.13. The molecule has 0 amide bonds. The average molecular weight is 482 g/mol. The number of ether oxygens (including phenoxy) is 2. The number of aromatic nitrogens is 3. The summed E-state index contributed by atoms with van der Waals surface area (Å²) in [6.07, 6.45) is 3.43. The number of rotatable bonds is 10. The van der Waals surface area contributed by atoms with Gasteiger partial charge in [0.25, 0.3) is 0 Å². The van der Waals surface area contributed by atoms with Gasteiger partial charge in [-0.1, -0.05) is 28.9 Å². The van der Waals surface area contributed by atoms with Crippen molar-refractivity contribution in [3.8, 4) is 11.5 Å². The summed E-state index contributed by atoms with van der Waals surface area (Å²) < 4.78 is 13.3. The van der Waals surface area contributed by atoms with E-state index in [1.807, 2.05) is 35.0 Å². The van der Waals surface area contributed by atoms with Crippen LogP contribution in [-0.2, 0) is 11.3 Å². The molecule has 0 spiro atoms. The molecule has 10 heteroatoms. The van der Waals surface area contributed by atoms with Crippen LogP contribution in [0, 0.1) is 0 Å². The van der Waals surface area contributed by atoms with Crippen molar-refractivity contribution in [2.45, 2.75) is 13.5 Å². The molecule has 0 aliphatic rings. The summed E-state index contributed by atoms with van der Waals surface area (Å²) in [5.41, 5.74) is 3.60. The second kappa shape index (κ2) is 11.0. The van der Waals surface area contributed by atoms with Crippen molar-refractivity contribution >= 4 is 39.9 Å². The number of hydrogen-bond donors (Lipinski definition) is 3. The molecule has 2 heterocycles. The van der Waals surface area contributed by atoms with E-state index < -0.39 is 0 Å². The lowest BCUT2D eigenvalue weighted by Crippen LogP contribution is -2.09. The van der Waals surface area contributed by atoms with Gasteiger partial charge in [-0.3, -0.25) is 0 Å². The normalized spacial score (nSPS) is 11.7. The quantitative estimate of drug-likeness (QED) is 0.129. The number of benzene rings is 2. The lowest BCUT2D eigenvalue weighted by molar-refractivity contribution is 0.0875. The summed E-state index contributed by atoms with van der Waals surface area (Å²) in [6.45, 7) is 3.05. The minimum Gasteiger partial charge on any atom is -0.456 e. The van der Waals surface area contributed by atoms with Gasteiger partial charge >= 0.3 is 0 Å². The first-order chi connectivity index (χ1) is 16.6. The molecule has 4 aromatic rings. The average Bonchev–Trinajstić information content (AvgIpc) is 3.27. The molecule has 0 aliphatic heterocycles. The van der Waals surface area contributed by atoms with Gasteiger partial charge in [0.15, 0.2) is 5.82 Å². The summed E-state index contributed by atoms with van der Waals surface area (Å²) in [5.74, 6) is 1.69. The molecule has 2 aromatic heterocycles. The van der Waals surface area contributed by atoms with Gasteiger partial charge in [0.05, 0.1) is 36.1 Å². The summed E-state index contributed by atoms with van der Waals surface area (Å²) in [4.78, 5) is 8.73. The van der Waals surface area contributed by atoms with E-state index in [0.29, 0.717) is 47.8 Å². The first-order valence-corrected chi connectivity index (χ1v) is 11.0. The molecule has 0 saturated carbocycles. The molecule has 9 nitrogen and oxygen atoms in total. The summed E-state index contributed by atoms with van der Waals surface area (Å²) in [6, 6.07) is 14.5. The Morgan fingerprint density at radius 1 is 1.15 bits per heavy atom. The number of fused-ring (bicyclic) bond motifs is 1. The van der Waals surface area contributed by atoms with Gasteiger partial charge in [0, 0.05) is 24.0 Å². The number of nitrogens with one attached hydrogen (secondary N) is 1. The molecular formula is C24H24ClN5O4. The second-order valence-electron chi connectivity index (χ2n) is 7.39. The highest BCUT2D eigenvalue weighted by molar-refractivity contribution is 6.32. The molecule has 0 bridgehead atoms. The largest absolute Gasteiger partial charge is 0.456 e. The monoisotopic (exact) mass is 481 g/mol. The Hall–Kier alpha value is -3.66. The Balaban J connectivity index is 1.52. The van der Waals surface area contributed by atoms with Crippen LogP contribution in [0.1, 0.15) is 12.5 Å². The molecule has 2 aromatic carbocycles. The zero-order valence-corrected chi connectivity index (χ0v) is 19.2. The van der Waals surface area contributed by atoms with Crippen molar-refractivity contribution in [2.75, 3.05) is 25.1 Å². The zero-order valence-electron chi connectivity index (χ0n) is 18.5. The summed E-state index contributed by atoms with van der Waals surface area (Å²) >= 11 is 6.50. The van der Waals surface area contributed by atoms with Crippen LogP contribution >= 0.6 is 11.6 Å². The fourth-order valence-electron chi connectivity index (χ4n) is 3.41. The molecule has 0 saturated heterocycles. The predicted molar refractivity (Wildman–Crippen MR) is 131 cm³/mol. The lowest BCUT2D eigenvalue weighted by atomic mass is 10.1. The van der Waals surface area contributed by atoms with Crippen molar-refractivity contribution < 1.29 is 19.8 Å². The van der Waals surface area contributed by atoms with Crippen LogP contribution in [0.5, 0.6) is 11.5 Å². The van der Waals surface area contributed by atoms with Crippen molar-refractivity contribution in [3.05, 3.63) is 71.6 Å². The number of halogens is 1. The van der Waals surface area contributed by atoms with Crippen molar-refractivity contribution in [1.82, 2.24) is 14.5 Å². The third-order valence-corrected chi connectivity index (χ3v) is 5.38. The fourth-order valence-corrected chi connectivity index (χ4v) is 3.63. The summed E-state index contributed by atoms with van der Waals surface area (Å²) in [7, 11) is 0. The maximum absolute atomic E-state index is 8.99. The van der Waals surface area contributed by atoms with E-state index in [-0.39, 0.29) is 6.61 Å². The third kappa shape index (κ3) is 5.45. The second-order valence-corrected chi connectivity index (χ2v) is 7.79. The van der Waals surface area contributed by atoms with Gasteiger partial charge in [-0.05, 0) is 43.3 Å². The minimum atomic E-state index is -0.00912. The SMILES string of the molecule is CC(=NO)c1cccc(Oc2ccc(Nc3ncnc4ccn(CCOCCO)c34)cc2Cl)c1. The molecule has 34 heavy (non-hydrogen) atoms. The molecule has 0 atom stereocenters. The highest BCUT2D eigenvalue weighted by Crippen LogP contribution is 2.33. The van der Waals surface area contributed by atoms with E-state index in [2.05, 4.69) is 20.4 Å². The third-order valence-electron chi connectivity index (χ3n) is 5.09. The topological polar surface area (TPSA) is 114 Å². The minimum absolute atomic E-state index is 0.00912. The van der Waals surface area contributed by atoms with Gasteiger partial charge in [-0.15, -0.1) is 0 Å². The van der Waals surface area contributed by atoms with Gasteiger partial charge in [-0.2, -0.15) is 0 Å². The van der Waals surface area contributed by atoms with Crippen LogP contribution in [0.15, 0.2) is 66.2 Å². The highest BCUT2D eigenvalue weighted by Gasteiger charge is 2.12. The number of aliphatic hydroxyl groups is 1. The Morgan fingerprint density at radius 2 is 2.03 bits per heavy atom. The molecule has 3 N–H and O–H groups in total. The van der Waals surface area contributed by atoms with E-state index in [9.17, 15) is 0 Å². The summed E-state index contributed by atoms with van der Waals surface area (Å²) in [5, 5.41) is 24.8. The first kappa shape index (κ1) is 23.5. The first-order valence-electron chi connectivity index (χ1n) is 10.6. The van der Waals surface area contributed by atoms with E-state index >= 15 is 0 Å². The Bertz CT molecular complexity index is 1310. The maximum Gasteiger partial charge on any atom is 0.158 e. The molecular weight excluding hydrogens is 458 g/mol. The number of nitrogens with zero attached hydrogens (tertiary/aromatic N) is 4. The van der Waals surface area contributed by atoms with E-state index in [4.69, 9.17) is 31.4 Å². The van der Waals surface area contributed by atoms with Crippen LogP contribution in [0.25, 0.3) is 11.0 Å².